The van der Waals surface area contributed by atoms with Crippen molar-refractivity contribution in [1.82, 2.24) is 14.9 Å². The lowest BCUT2D eigenvalue weighted by atomic mass is 9.95. The molecule has 2 fully saturated rings. The Bertz CT molecular complexity index is 514. The molecule has 0 N–H and O–H groups in total. The Balaban J connectivity index is 1.56. The van der Waals surface area contributed by atoms with Crippen LogP contribution < -0.4 is 9.64 Å². The van der Waals surface area contributed by atoms with E-state index in [0.717, 1.165) is 56.3 Å². The Hall–Kier alpha value is -1.50. The molecule has 2 aliphatic rings. The molecule has 22 heavy (non-hydrogen) atoms. The van der Waals surface area contributed by atoms with E-state index in [2.05, 4.69) is 14.9 Å². The van der Waals surface area contributed by atoms with Crippen molar-refractivity contribution in [3.8, 4) is 5.88 Å². The molecule has 0 bridgehead atoms. The Morgan fingerprint density at radius 1 is 1.23 bits per heavy atom. The summed E-state index contributed by atoms with van der Waals surface area (Å²) >= 11 is 1.94. The summed E-state index contributed by atoms with van der Waals surface area (Å²) in [6.07, 6.45) is 3.32. The molecular formula is C15H22N4O2S. The van der Waals surface area contributed by atoms with Crippen molar-refractivity contribution in [2.24, 2.45) is 5.92 Å². The van der Waals surface area contributed by atoms with Gasteiger partial charge in [0.1, 0.15) is 12.1 Å². The van der Waals surface area contributed by atoms with Crippen molar-refractivity contribution in [2.75, 3.05) is 49.7 Å². The second-order valence-electron chi connectivity index (χ2n) is 5.62. The predicted molar refractivity (Wildman–Crippen MR) is 87.4 cm³/mol. The Morgan fingerprint density at radius 3 is 2.64 bits per heavy atom. The summed E-state index contributed by atoms with van der Waals surface area (Å²) in [5.41, 5.74) is 0. The molecule has 1 amide bonds. The standard InChI is InChI=1S/C15H22N4O2S/c1-21-14-10-13(16-11-17-14)18-4-2-12(3-5-18)15(20)19-6-8-22-9-7-19/h10-12H,2-9H2,1H3. The quantitative estimate of drug-likeness (QED) is 0.835. The number of hydrogen-bond donors (Lipinski definition) is 0. The van der Waals surface area contributed by atoms with Gasteiger partial charge in [-0.05, 0) is 12.8 Å². The molecule has 0 aliphatic carbocycles. The van der Waals surface area contributed by atoms with E-state index >= 15 is 0 Å². The first-order valence-corrected chi connectivity index (χ1v) is 8.91. The number of methoxy groups -OCH3 is 1. The molecule has 0 radical (unpaired) electrons. The van der Waals surface area contributed by atoms with E-state index < -0.39 is 0 Å². The number of nitrogens with zero attached hydrogens (tertiary/aromatic N) is 4. The summed E-state index contributed by atoms with van der Waals surface area (Å²) in [4.78, 5) is 25.1. The zero-order chi connectivity index (χ0) is 15.4. The molecule has 120 valence electrons. The fourth-order valence-corrected chi connectivity index (χ4v) is 3.92. The van der Waals surface area contributed by atoms with Crippen LogP contribution in [0.2, 0.25) is 0 Å². The monoisotopic (exact) mass is 322 g/mol. The smallest absolute Gasteiger partial charge is 0.225 e. The average molecular weight is 322 g/mol. The first-order chi connectivity index (χ1) is 10.8. The number of aromatic nitrogens is 2. The minimum absolute atomic E-state index is 0.170. The third-order valence-corrected chi connectivity index (χ3v) is 5.27. The molecule has 1 aromatic rings. The summed E-state index contributed by atoms with van der Waals surface area (Å²) < 4.78 is 5.14. The maximum Gasteiger partial charge on any atom is 0.225 e. The van der Waals surface area contributed by atoms with Crippen LogP contribution in [-0.4, -0.2) is 65.6 Å². The van der Waals surface area contributed by atoms with Gasteiger partial charge in [0, 0.05) is 49.7 Å². The molecule has 0 atom stereocenters. The van der Waals surface area contributed by atoms with Crippen LogP contribution >= 0.6 is 11.8 Å². The van der Waals surface area contributed by atoms with Crippen LogP contribution in [0.15, 0.2) is 12.4 Å². The highest BCUT2D eigenvalue weighted by atomic mass is 32.2. The predicted octanol–water partition coefficient (Wildman–Crippen LogP) is 1.28. The highest BCUT2D eigenvalue weighted by molar-refractivity contribution is 7.99. The van der Waals surface area contributed by atoms with Crippen molar-refractivity contribution in [1.29, 1.82) is 0 Å². The summed E-state index contributed by atoms with van der Waals surface area (Å²) in [6.45, 7) is 3.54. The molecular weight excluding hydrogens is 300 g/mol. The molecule has 0 saturated carbocycles. The highest BCUT2D eigenvalue weighted by Crippen LogP contribution is 2.25. The van der Waals surface area contributed by atoms with Gasteiger partial charge < -0.3 is 14.5 Å². The maximum atomic E-state index is 12.5. The van der Waals surface area contributed by atoms with Crippen LogP contribution in [0.1, 0.15) is 12.8 Å². The number of piperidine rings is 1. The maximum absolute atomic E-state index is 12.5. The van der Waals surface area contributed by atoms with E-state index in [9.17, 15) is 4.79 Å². The second kappa shape index (κ2) is 7.17. The second-order valence-corrected chi connectivity index (χ2v) is 6.84. The van der Waals surface area contributed by atoms with Gasteiger partial charge in [-0.15, -0.1) is 0 Å². The third-order valence-electron chi connectivity index (χ3n) is 4.33. The molecule has 3 heterocycles. The summed E-state index contributed by atoms with van der Waals surface area (Å²) in [5.74, 6) is 4.13. The lowest BCUT2D eigenvalue weighted by Gasteiger charge is -2.35. The van der Waals surface area contributed by atoms with Gasteiger partial charge in [0.2, 0.25) is 11.8 Å². The molecule has 2 saturated heterocycles. The number of hydrogen-bond acceptors (Lipinski definition) is 6. The first kappa shape index (κ1) is 15.4. The van der Waals surface area contributed by atoms with Crippen LogP contribution in [0.4, 0.5) is 5.82 Å². The van der Waals surface area contributed by atoms with E-state index in [4.69, 9.17) is 4.74 Å². The lowest BCUT2D eigenvalue weighted by molar-refractivity contribution is -0.135. The van der Waals surface area contributed by atoms with E-state index in [-0.39, 0.29) is 5.92 Å². The van der Waals surface area contributed by atoms with Crippen molar-refractivity contribution in [2.45, 2.75) is 12.8 Å². The summed E-state index contributed by atoms with van der Waals surface area (Å²) in [5, 5.41) is 0. The number of carbonyl (C=O) groups is 1. The topological polar surface area (TPSA) is 58.6 Å². The molecule has 0 spiro atoms. The number of thioether (sulfide) groups is 1. The van der Waals surface area contributed by atoms with Crippen molar-refractivity contribution in [3.05, 3.63) is 12.4 Å². The van der Waals surface area contributed by atoms with E-state index in [1.807, 2.05) is 22.7 Å². The minimum atomic E-state index is 0.170. The Labute approximate surface area is 135 Å². The number of anilines is 1. The fraction of sp³-hybridized carbons (Fsp3) is 0.667. The van der Waals surface area contributed by atoms with Crippen molar-refractivity contribution < 1.29 is 9.53 Å². The van der Waals surface area contributed by atoms with Crippen LogP contribution in [0, 0.1) is 5.92 Å². The van der Waals surface area contributed by atoms with Gasteiger partial charge in [0.25, 0.3) is 0 Å². The molecule has 0 unspecified atom stereocenters. The van der Waals surface area contributed by atoms with E-state index in [1.165, 1.54) is 6.33 Å². The van der Waals surface area contributed by atoms with Gasteiger partial charge in [0.15, 0.2) is 0 Å². The third kappa shape index (κ3) is 3.45. The summed E-state index contributed by atoms with van der Waals surface area (Å²) in [7, 11) is 1.61. The molecule has 6 nitrogen and oxygen atoms in total. The van der Waals surface area contributed by atoms with Gasteiger partial charge in [-0.25, -0.2) is 9.97 Å². The van der Waals surface area contributed by atoms with Crippen LogP contribution in [0.3, 0.4) is 0 Å². The summed E-state index contributed by atoms with van der Waals surface area (Å²) in [6, 6.07) is 1.85. The average Bonchev–Trinajstić information content (AvgIpc) is 2.62. The Morgan fingerprint density at radius 2 is 1.95 bits per heavy atom. The number of rotatable bonds is 3. The largest absolute Gasteiger partial charge is 0.481 e. The minimum Gasteiger partial charge on any atom is -0.481 e. The molecule has 1 aromatic heterocycles. The van der Waals surface area contributed by atoms with Crippen LogP contribution in [0.25, 0.3) is 0 Å². The van der Waals surface area contributed by atoms with Crippen molar-refractivity contribution >= 4 is 23.5 Å². The van der Waals surface area contributed by atoms with Crippen LogP contribution in [0.5, 0.6) is 5.88 Å². The van der Waals surface area contributed by atoms with Crippen LogP contribution in [-0.2, 0) is 4.79 Å². The lowest BCUT2D eigenvalue weighted by Crippen LogP contribution is -2.45. The van der Waals surface area contributed by atoms with E-state index in [1.54, 1.807) is 7.11 Å². The fourth-order valence-electron chi connectivity index (χ4n) is 3.01. The number of amides is 1. The molecule has 2 aliphatic heterocycles. The van der Waals surface area contributed by atoms with Gasteiger partial charge in [-0.1, -0.05) is 0 Å². The van der Waals surface area contributed by atoms with Crippen molar-refractivity contribution in [3.63, 3.8) is 0 Å². The number of ether oxygens (including phenoxy) is 1. The first-order valence-electron chi connectivity index (χ1n) is 7.75. The highest BCUT2D eigenvalue weighted by Gasteiger charge is 2.29. The van der Waals surface area contributed by atoms with E-state index in [0.29, 0.717) is 11.8 Å². The van der Waals surface area contributed by atoms with Gasteiger partial charge in [-0.2, -0.15) is 11.8 Å². The Kier molecular flexibility index (Phi) is 5.02. The zero-order valence-electron chi connectivity index (χ0n) is 12.9. The SMILES string of the molecule is COc1cc(N2CCC(C(=O)N3CCSCC3)CC2)ncn1. The zero-order valence-corrected chi connectivity index (χ0v) is 13.7. The number of carbonyl (C=O) groups excluding carboxylic acids is 1. The molecule has 0 aromatic carbocycles. The molecule has 3 rings (SSSR count). The van der Waals surface area contributed by atoms with Gasteiger partial charge in [-0.3, -0.25) is 4.79 Å². The van der Waals surface area contributed by atoms with Gasteiger partial charge in [0.05, 0.1) is 7.11 Å². The van der Waals surface area contributed by atoms with Gasteiger partial charge >= 0.3 is 0 Å². The molecule has 7 heteroatoms. The normalized spacial score (nSPS) is 20.0.